The molecule has 0 spiro atoms. The van der Waals surface area contributed by atoms with Crippen LogP contribution in [0.3, 0.4) is 0 Å². The van der Waals surface area contributed by atoms with E-state index in [0.29, 0.717) is 11.8 Å². The second-order valence-electron chi connectivity index (χ2n) is 4.39. The van der Waals surface area contributed by atoms with Crippen molar-refractivity contribution in [1.82, 2.24) is 0 Å². The van der Waals surface area contributed by atoms with E-state index < -0.39 is 0 Å². The minimum Gasteiger partial charge on any atom is -0.468 e. The van der Waals surface area contributed by atoms with Crippen LogP contribution in [0.5, 0.6) is 0 Å². The molecule has 0 radical (unpaired) electrons. The summed E-state index contributed by atoms with van der Waals surface area (Å²) in [6.07, 6.45) is 5.03. The number of ether oxygens (including phenoxy) is 1. The number of carbonyl (C=O) groups is 1. The molecule has 2 N–H and O–H groups in total. The Morgan fingerprint density at radius 1 is 1.46 bits per heavy atom. The molecule has 4 unspecified atom stereocenters. The molecule has 2 bridgehead atoms. The van der Waals surface area contributed by atoms with Gasteiger partial charge in [-0.2, -0.15) is 0 Å². The van der Waals surface area contributed by atoms with Crippen LogP contribution >= 0.6 is 0 Å². The number of hydrogen-bond donors (Lipinski definition) is 1. The van der Waals surface area contributed by atoms with Crippen LogP contribution in [0, 0.1) is 17.8 Å². The first-order valence-corrected chi connectivity index (χ1v) is 5.05. The van der Waals surface area contributed by atoms with Crippen LogP contribution in [0.1, 0.15) is 25.7 Å². The molecule has 0 aromatic heterocycles. The molecule has 0 aromatic carbocycles. The monoisotopic (exact) mass is 183 g/mol. The second-order valence-corrected chi connectivity index (χ2v) is 4.39. The molecular formula is C10H17NO2. The summed E-state index contributed by atoms with van der Waals surface area (Å²) in [6, 6.07) is -0.375. The smallest absolute Gasteiger partial charge is 0.322 e. The van der Waals surface area contributed by atoms with Crippen molar-refractivity contribution in [2.75, 3.05) is 7.11 Å². The van der Waals surface area contributed by atoms with Crippen molar-refractivity contribution in [3.63, 3.8) is 0 Å². The van der Waals surface area contributed by atoms with Crippen LogP contribution in [0.25, 0.3) is 0 Å². The highest BCUT2D eigenvalue weighted by atomic mass is 16.5. The van der Waals surface area contributed by atoms with Crippen LogP contribution < -0.4 is 5.73 Å². The third kappa shape index (κ3) is 1.46. The van der Waals surface area contributed by atoms with E-state index in [4.69, 9.17) is 5.73 Å². The Balaban J connectivity index is 1.98. The molecular weight excluding hydrogens is 166 g/mol. The van der Waals surface area contributed by atoms with Crippen molar-refractivity contribution in [2.45, 2.75) is 31.7 Å². The van der Waals surface area contributed by atoms with Gasteiger partial charge in [0.2, 0.25) is 0 Å². The fourth-order valence-corrected chi connectivity index (χ4v) is 3.04. The summed E-state index contributed by atoms with van der Waals surface area (Å²) >= 11 is 0. The van der Waals surface area contributed by atoms with E-state index in [-0.39, 0.29) is 12.0 Å². The average molecular weight is 183 g/mol. The lowest BCUT2D eigenvalue weighted by Gasteiger charge is -2.25. The van der Waals surface area contributed by atoms with Gasteiger partial charge in [0, 0.05) is 0 Å². The number of carbonyl (C=O) groups excluding carboxylic acids is 1. The summed E-state index contributed by atoms with van der Waals surface area (Å²) in [5.74, 6) is 1.69. The second kappa shape index (κ2) is 3.29. The summed E-state index contributed by atoms with van der Waals surface area (Å²) in [4.78, 5) is 11.2. The van der Waals surface area contributed by atoms with E-state index >= 15 is 0 Å². The molecule has 0 saturated heterocycles. The molecule has 13 heavy (non-hydrogen) atoms. The summed E-state index contributed by atoms with van der Waals surface area (Å²) < 4.78 is 4.67. The van der Waals surface area contributed by atoms with Crippen molar-refractivity contribution in [1.29, 1.82) is 0 Å². The largest absolute Gasteiger partial charge is 0.468 e. The zero-order chi connectivity index (χ0) is 9.42. The average Bonchev–Trinajstić information content (AvgIpc) is 2.76. The standard InChI is InChI=1S/C10H17NO2/c1-13-10(12)9(11)8-5-6-2-3-7(8)4-6/h6-9H,2-5,11H2,1H3. The molecule has 2 fully saturated rings. The topological polar surface area (TPSA) is 52.3 Å². The number of methoxy groups -OCH3 is 1. The molecule has 74 valence electrons. The van der Waals surface area contributed by atoms with Crippen LogP contribution in [0.4, 0.5) is 0 Å². The predicted octanol–water partition coefficient (Wildman–Crippen LogP) is 0.923. The quantitative estimate of drug-likeness (QED) is 0.648. The normalized spacial score (nSPS) is 39.1. The van der Waals surface area contributed by atoms with Gasteiger partial charge in [-0.1, -0.05) is 6.42 Å². The van der Waals surface area contributed by atoms with Crippen LogP contribution in [0.2, 0.25) is 0 Å². The molecule has 0 amide bonds. The third-order valence-corrected chi connectivity index (χ3v) is 3.73. The Labute approximate surface area is 78.6 Å². The van der Waals surface area contributed by atoms with Crippen LogP contribution in [-0.2, 0) is 9.53 Å². The van der Waals surface area contributed by atoms with Crippen molar-refractivity contribution >= 4 is 5.97 Å². The van der Waals surface area contributed by atoms with Crippen LogP contribution in [-0.4, -0.2) is 19.1 Å². The van der Waals surface area contributed by atoms with Gasteiger partial charge in [-0.15, -0.1) is 0 Å². The van der Waals surface area contributed by atoms with Gasteiger partial charge in [0.1, 0.15) is 6.04 Å². The molecule has 4 atom stereocenters. The van der Waals surface area contributed by atoms with E-state index in [1.54, 1.807) is 0 Å². The molecule has 3 heteroatoms. The maximum absolute atomic E-state index is 11.2. The Kier molecular flexibility index (Phi) is 2.28. The number of esters is 1. The zero-order valence-corrected chi connectivity index (χ0v) is 8.03. The van der Waals surface area contributed by atoms with E-state index in [2.05, 4.69) is 4.74 Å². The molecule has 2 aliphatic carbocycles. The molecule has 0 heterocycles. The molecule has 3 nitrogen and oxygen atoms in total. The number of hydrogen-bond acceptors (Lipinski definition) is 3. The van der Waals surface area contributed by atoms with Crippen molar-refractivity contribution in [3.8, 4) is 0 Å². The minimum atomic E-state index is -0.375. The molecule has 2 saturated carbocycles. The lowest BCUT2D eigenvalue weighted by Crippen LogP contribution is -2.41. The van der Waals surface area contributed by atoms with Gasteiger partial charge in [-0.3, -0.25) is 4.79 Å². The summed E-state index contributed by atoms with van der Waals surface area (Å²) in [5.41, 5.74) is 5.85. The minimum absolute atomic E-state index is 0.238. The summed E-state index contributed by atoms with van der Waals surface area (Å²) in [6.45, 7) is 0. The number of rotatable bonds is 2. The Hall–Kier alpha value is -0.570. The third-order valence-electron chi connectivity index (χ3n) is 3.73. The fraction of sp³-hybridized carbons (Fsp3) is 0.900. The first-order chi connectivity index (χ1) is 6.22. The maximum Gasteiger partial charge on any atom is 0.322 e. The highest BCUT2D eigenvalue weighted by Gasteiger charge is 2.44. The summed E-state index contributed by atoms with van der Waals surface area (Å²) in [5, 5.41) is 0. The van der Waals surface area contributed by atoms with Gasteiger partial charge in [-0.25, -0.2) is 0 Å². The first kappa shape index (κ1) is 9.00. The summed E-state index contributed by atoms with van der Waals surface area (Å²) in [7, 11) is 1.41. The van der Waals surface area contributed by atoms with E-state index in [1.165, 1.54) is 26.4 Å². The molecule has 2 rings (SSSR count). The molecule has 0 aliphatic heterocycles. The number of fused-ring (bicyclic) bond motifs is 2. The number of nitrogens with two attached hydrogens (primary N) is 1. The highest BCUT2D eigenvalue weighted by Crippen LogP contribution is 2.49. The Morgan fingerprint density at radius 2 is 2.23 bits per heavy atom. The lowest BCUT2D eigenvalue weighted by molar-refractivity contribution is -0.144. The Bertz CT molecular complexity index is 217. The van der Waals surface area contributed by atoms with Crippen molar-refractivity contribution < 1.29 is 9.53 Å². The predicted molar refractivity (Wildman–Crippen MR) is 48.9 cm³/mol. The SMILES string of the molecule is COC(=O)C(N)C1CC2CCC1C2. The van der Waals surface area contributed by atoms with Gasteiger partial charge in [0.05, 0.1) is 7.11 Å². The fourth-order valence-electron chi connectivity index (χ4n) is 3.04. The van der Waals surface area contributed by atoms with Crippen LogP contribution in [0.15, 0.2) is 0 Å². The van der Waals surface area contributed by atoms with Gasteiger partial charge >= 0.3 is 5.97 Å². The van der Waals surface area contributed by atoms with Gasteiger partial charge in [-0.05, 0) is 37.0 Å². The van der Waals surface area contributed by atoms with Gasteiger partial charge in [0.15, 0.2) is 0 Å². The molecule has 2 aliphatic rings. The Morgan fingerprint density at radius 3 is 2.69 bits per heavy atom. The molecule has 0 aromatic rings. The van der Waals surface area contributed by atoms with Gasteiger partial charge in [0.25, 0.3) is 0 Å². The van der Waals surface area contributed by atoms with Crippen molar-refractivity contribution in [2.24, 2.45) is 23.5 Å². The van der Waals surface area contributed by atoms with Crippen molar-refractivity contribution in [3.05, 3.63) is 0 Å². The highest BCUT2D eigenvalue weighted by molar-refractivity contribution is 5.75. The lowest BCUT2D eigenvalue weighted by atomic mass is 9.84. The first-order valence-electron chi connectivity index (χ1n) is 5.05. The van der Waals surface area contributed by atoms with E-state index in [9.17, 15) is 4.79 Å². The van der Waals surface area contributed by atoms with E-state index in [0.717, 1.165) is 12.3 Å². The maximum atomic E-state index is 11.2. The van der Waals surface area contributed by atoms with Gasteiger partial charge < -0.3 is 10.5 Å². The zero-order valence-electron chi connectivity index (χ0n) is 8.03. The van der Waals surface area contributed by atoms with E-state index in [1.807, 2.05) is 0 Å².